The molecule has 2 rings (SSSR count). The summed E-state index contributed by atoms with van der Waals surface area (Å²) in [4.78, 5) is 0. The van der Waals surface area contributed by atoms with Gasteiger partial charge in [-0.15, -0.1) is 0 Å². The Balaban J connectivity index is 2.14. The lowest BCUT2D eigenvalue weighted by atomic mass is 10.1. The molecule has 0 saturated heterocycles. The third-order valence-corrected chi connectivity index (χ3v) is 3.46. The molecule has 0 radical (unpaired) electrons. The SMILES string of the molecule is COc1cc(C#N)ccc1NCc1ccc(C)c(Cl)c1. The maximum Gasteiger partial charge on any atom is 0.143 e. The van der Waals surface area contributed by atoms with Crippen molar-refractivity contribution in [2.45, 2.75) is 13.5 Å². The number of hydrogen-bond donors (Lipinski definition) is 1. The van der Waals surface area contributed by atoms with Gasteiger partial charge in [0.05, 0.1) is 24.4 Å². The molecule has 0 aromatic heterocycles. The number of anilines is 1. The maximum absolute atomic E-state index is 8.87. The summed E-state index contributed by atoms with van der Waals surface area (Å²) in [5, 5.41) is 12.9. The standard InChI is InChI=1S/C16H15ClN2O/c1-11-3-4-13(7-14(11)17)10-19-15-6-5-12(9-18)8-16(15)20-2/h3-8,19H,10H2,1-2H3. The van der Waals surface area contributed by atoms with Crippen LogP contribution in [0.1, 0.15) is 16.7 Å². The Morgan fingerprint density at radius 1 is 1.25 bits per heavy atom. The Bertz CT molecular complexity index is 662. The van der Waals surface area contributed by atoms with E-state index in [1.54, 1.807) is 19.2 Å². The molecule has 0 bridgehead atoms. The highest BCUT2D eigenvalue weighted by Gasteiger charge is 2.05. The quantitative estimate of drug-likeness (QED) is 0.919. The number of nitrogens with zero attached hydrogens (tertiary/aromatic N) is 1. The molecule has 4 heteroatoms. The number of hydrogen-bond acceptors (Lipinski definition) is 3. The van der Waals surface area contributed by atoms with E-state index >= 15 is 0 Å². The molecule has 0 aliphatic carbocycles. The van der Waals surface area contributed by atoms with E-state index in [1.165, 1.54) is 0 Å². The van der Waals surface area contributed by atoms with Crippen molar-refractivity contribution >= 4 is 17.3 Å². The first-order valence-electron chi connectivity index (χ1n) is 6.21. The van der Waals surface area contributed by atoms with Crippen LogP contribution in [0.3, 0.4) is 0 Å². The number of aryl methyl sites for hydroxylation is 1. The lowest BCUT2D eigenvalue weighted by Gasteiger charge is -2.12. The molecule has 0 atom stereocenters. The fourth-order valence-corrected chi connectivity index (χ4v) is 2.05. The number of methoxy groups -OCH3 is 1. The van der Waals surface area contributed by atoms with Gasteiger partial charge in [-0.2, -0.15) is 5.26 Å². The number of nitrogens with one attached hydrogen (secondary N) is 1. The van der Waals surface area contributed by atoms with Crippen molar-refractivity contribution in [3.63, 3.8) is 0 Å². The normalized spacial score (nSPS) is 9.90. The van der Waals surface area contributed by atoms with Crippen molar-refractivity contribution in [3.8, 4) is 11.8 Å². The van der Waals surface area contributed by atoms with Gasteiger partial charge < -0.3 is 10.1 Å². The summed E-state index contributed by atoms with van der Waals surface area (Å²) in [6.45, 7) is 2.62. The average molecular weight is 287 g/mol. The van der Waals surface area contributed by atoms with Gasteiger partial charge in [-0.1, -0.05) is 23.7 Å². The number of rotatable bonds is 4. The number of benzene rings is 2. The molecule has 2 aromatic rings. The highest BCUT2D eigenvalue weighted by molar-refractivity contribution is 6.31. The molecule has 0 amide bonds. The molecule has 0 aliphatic rings. The van der Waals surface area contributed by atoms with Crippen LogP contribution in [0.5, 0.6) is 5.75 Å². The van der Waals surface area contributed by atoms with Crippen molar-refractivity contribution in [2.24, 2.45) is 0 Å². The molecule has 0 fully saturated rings. The number of ether oxygens (including phenoxy) is 1. The first-order valence-corrected chi connectivity index (χ1v) is 6.59. The molecule has 0 unspecified atom stereocenters. The fraction of sp³-hybridized carbons (Fsp3) is 0.188. The number of nitriles is 1. The average Bonchev–Trinajstić information content (AvgIpc) is 2.48. The Labute approximate surface area is 123 Å². The van der Waals surface area contributed by atoms with Gasteiger partial charge in [-0.25, -0.2) is 0 Å². The van der Waals surface area contributed by atoms with Gasteiger partial charge in [0.15, 0.2) is 0 Å². The highest BCUT2D eigenvalue weighted by atomic mass is 35.5. The second-order valence-electron chi connectivity index (χ2n) is 4.46. The highest BCUT2D eigenvalue weighted by Crippen LogP contribution is 2.26. The largest absolute Gasteiger partial charge is 0.495 e. The minimum absolute atomic E-state index is 0.575. The molecule has 2 aromatic carbocycles. The monoisotopic (exact) mass is 286 g/mol. The lowest BCUT2D eigenvalue weighted by molar-refractivity contribution is 0.416. The summed E-state index contributed by atoms with van der Waals surface area (Å²) in [6.07, 6.45) is 0. The van der Waals surface area contributed by atoms with Gasteiger partial charge in [0.2, 0.25) is 0 Å². The maximum atomic E-state index is 8.87. The van der Waals surface area contributed by atoms with Gasteiger partial charge in [0.25, 0.3) is 0 Å². The van der Waals surface area contributed by atoms with Crippen LogP contribution >= 0.6 is 11.6 Å². The summed E-state index contributed by atoms with van der Waals surface area (Å²) in [5.41, 5.74) is 3.58. The van der Waals surface area contributed by atoms with Crippen LogP contribution in [0, 0.1) is 18.3 Å². The second kappa shape index (κ2) is 6.31. The molecule has 0 spiro atoms. The third kappa shape index (κ3) is 3.23. The molecular formula is C16H15ClN2O. The molecule has 0 heterocycles. The molecule has 3 nitrogen and oxygen atoms in total. The zero-order chi connectivity index (χ0) is 14.5. The zero-order valence-corrected chi connectivity index (χ0v) is 12.2. The Kier molecular flexibility index (Phi) is 4.49. The van der Waals surface area contributed by atoms with Crippen LogP contribution in [0.25, 0.3) is 0 Å². The molecule has 0 aliphatic heterocycles. The predicted molar refractivity (Wildman–Crippen MR) is 81.2 cm³/mol. The second-order valence-corrected chi connectivity index (χ2v) is 4.87. The van der Waals surface area contributed by atoms with Crippen molar-refractivity contribution in [3.05, 3.63) is 58.1 Å². The van der Waals surface area contributed by atoms with Crippen molar-refractivity contribution in [2.75, 3.05) is 12.4 Å². The van der Waals surface area contributed by atoms with Crippen LogP contribution in [-0.2, 0) is 6.54 Å². The molecule has 102 valence electrons. The van der Waals surface area contributed by atoms with Crippen molar-refractivity contribution < 1.29 is 4.74 Å². The topological polar surface area (TPSA) is 45.0 Å². The smallest absolute Gasteiger partial charge is 0.143 e. The van der Waals surface area contributed by atoms with Crippen LogP contribution in [0.15, 0.2) is 36.4 Å². The van der Waals surface area contributed by atoms with Crippen LogP contribution in [0.2, 0.25) is 5.02 Å². The van der Waals surface area contributed by atoms with Gasteiger partial charge in [-0.3, -0.25) is 0 Å². The first-order chi connectivity index (χ1) is 9.63. The van der Waals surface area contributed by atoms with Crippen molar-refractivity contribution in [1.82, 2.24) is 0 Å². The van der Waals surface area contributed by atoms with E-state index in [2.05, 4.69) is 11.4 Å². The Hall–Kier alpha value is -2.18. The van der Waals surface area contributed by atoms with E-state index in [9.17, 15) is 0 Å². The summed E-state index contributed by atoms with van der Waals surface area (Å²) >= 11 is 6.11. The van der Waals surface area contributed by atoms with E-state index in [-0.39, 0.29) is 0 Å². The third-order valence-electron chi connectivity index (χ3n) is 3.05. The number of halogens is 1. The summed E-state index contributed by atoms with van der Waals surface area (Å²) in [6, 6.07) is 13.4. The minimum atomic E-state index is 0.575. The zero-order valence-electron chi connectivity index (χ0n) is 11.4. The van der Waals surface area contributed by atoms with E-state index in [4.69, 9.17) is 21.6 Å². The van der Waals surface area contributed by atoms with E-state index in [1.807, 2.05) is 31.2 Å². The van der Waals surface area contributed by atoms with Crippen LogP contribution in [-0.4, -0.2) is 7.11 Å². The van der Waals surface area contributed by atoms with Gasteiger partial charge in [0, 0.05) is 17.6 Å². The molecule has 20 heavy (non-hydrogen) atoms. The summed E-state index contributed by atoms with van der Waals surface area (Å²) in [7, 11) is 1.59. The van der Waals surface area contributed by atoms with E-state index in [0.717, 1.165) is 21.8 Å². The Morgan fingerprint density at radius 2 is 2.05 bits per heavy atom. The van der Waals surface area contributed by atoms with Crippen LogP contribution in [0.4, 0.5) is 5.69 Å². The van der Waals surface area contributed by atoms with Gasteiger partial charge in [0.1, 0.15) is 5.75 Å². The molecule has 0 saturated carbocycles. The summed E-state index contributed by atoms with van der Waals surface area (Å²) in [5.74, 6) is 0.655. The predicted octanol–water partition coefficient (Wildman–Crippen LogP) is 4.14. The summed E-state index contributed by atoms with van der Waals surface area (Å²) < 4.78 is 5.28. The van der Waals surface area contributed by atoms with E-state index < -0.39 is 0 Å². The van der Waals surface area contributed by atoms with E-state index in [0.29, 0.717) is 17.9 Å². The first kappa shape index (κ1) is 14.2. The molecule has 1 N–H and O–H groups in total. The minimum Gasteiger partial charge on any atom is -0.495 e. The fourth-order valence-electron chi connectivity index (χ4n) is 1.85. The lowest BCUT2D eigenvalue weighted by Crippen LogP contribution is -2.01. The molecular weight excluding hydrogens is 272 g/mol. The Morgan fingerprint density at radius 3 is 2.70 bits per heavy atom. The van der Waals surface area contributed by atoms with Crippen LogP contribution < -0.4 is 10.1 Å². The van der Waals surface area contributed by atoms with Gasteiger partial charge in [-0.05, 0) is 36.2 Å². The van der Waals surface area contributed by atoms with Crippen molar-refractivity contribution in [1.29, 1.82) is 5.26 Å². The van der Waals surface area contributed by atoms with Gasteiger partial charge >= 0.3 is 0 Å².